The molecule has 0 radical (unpaired) electrons. The van der Waals surface area contributed by atoms with Gasteiger partial charge in [-0.1, -0.05) is 44.9 Å². The highest BCUT2D eigenvalue weighted by atomic mass is 16.3. The quantitative estimate of drug-likeness (QED) is 0.801. The van der Waals surface area contributed by atoms with Crippen LogP contribution in [0.1, 0.15) is 38.3 Å². The number of fused-ring (bicyclic) bond motifs is 1. The minimum atomic E-state index is 0.171. The number of para-hydroxylation sites is 1. The van der Waals surface area contributed by atoms with E-state index in [1.54, 1.807) is 0 Å². The molecule has 3 N–H and O–H groups in total. The Morgan fingerprint density at radius 1 is 1.21 bits per heavy atom. The third-order valence-corrected chi connectivity index (χ3v) is 3.93. The molecule has 0 amide bonds. The second-order valence-corrected chi connectivity index (χ2v) is 5.07. The minimum absolute atomic E-state index is 0.171. The Morgan fingerprint density at radius 3 is 2.63 bits per heavy atom. The van der Waals surface area contributed by atoms with Crippen molar-refractivity contribution in [1.82, 2.24) is 5.32 Å². The largest absolute Gasteiger partial charge is 0.464 e. The summed E-state index contributed by atoms with van der Waals surface area (Å²) in [5.41, 5.74) is 8.02. The minimum Gasteiger partial charge on any atom is -0.464 e. The van der Waals surface area contributed by atoms with Gasteiger partial charge in [-0.2, -0.15) is 0 Å². The zero-order chi connectivity index (χ0) is 13.7. The monoisotopic (exact) mass is 260 g/mol. The van der Waals surface area contributed by atoms with Gasteiger partial charge in [0.2, 0.25) is 0 Å². The van der Waals surface area contributed by atoms with Gasteiger partial charge in [-0.25, -0.2) is 0 Å². The zero-order valence-corrected chi connectivity index (χ0v) is 11.9. The fourth-order valence-corrected chi connectivity index (χ4v) is 2.47. The summed E-state index contributed by atoms with van der Waals surface area (Å²) >= 11 is 0. The highest BCUT2D eigenvalue weighted by molar-refractivity contribution is 5.81. The molecule has 0 aliphatic rings. The predicted octanol–water partition coefficient (Wildman–Crippen LogP) is 3.46. The van der Waals surface area contributed by atoms with Gasteiger partial charge in [-0.3, -0.25) is 0 Å². The summed E-state index contributed by atoms with van der Waals surface area (Å²) in [5, 5.41) is 4.74. The van der Waals surface area contributed by atoms with E-state index < -0.39 is 0 Å². The molecule has 1 heterocycles. The standard InChI is InChI=1S/C16H24N2O/c1-3-12(4-2)10-18-15(9-17)14-11-19-16-8-6-5-7-13(14)16/h5-8,11-12,15,18H,3-4,9-10,17H2,1-2H3. The van der Waals surface area contributed by atoms with Crippen molar-refractivity contribution < 1.29 is 4.42 Å². The van der Waals surface area contributed by atoms with Crippen molar-refractivity contribution in [2.75, 3.05) is 13.1 Å². The summed E-state index contributed by atoms with van der Waals surface area (Å²) in [7, 11) is 0. The lowest BCUT2D eigenvalue weighted by atomic mass is 10.0. The van der Waals surface area contributed by atoms with Crippen molar-refractivity contribution in [3.05, 3.63) is 36.1 Å². The number of hydrogen-bond donors (Lipinski definition) is 2. The van der Waals surface area contributed by atoms with E-state index in [2.05, 4.69) is 25.2 Å². The number of benzene rings is 1. The van der Waals surface area contributed by atoms with Crippen molar-refractivity contribution in [1.29, 1.82) is 0 Å². The SMILES string of the molecule is CCC(CC)CNC(CN)c1coc2ccccc12. The summed E-state index contributed by atoms with van der Waals surface area (Å²) in [6, 6.07) is 8.29. The molecule has 0 saturated heterocycles. The Balaban J connectivity index is 2.13. The van der Waals surface area contributed by atoms with Crippen LogP contribution in [0.2, 0.25) is 0 Å². The molecule has 3 heteroatoms. The number of nitrogens with two attached hydrogens (primary N) is 1. The fraction of sp³-hybridized carbons (Fsp3) is 0.500. The molecular weight excluding hydrogens is 236 g/mol. The first-order valence-electron chi connectivity index (χ1n) is 7.19. The van der Waals surface area contributed by atoms with E-state index in [-0.39, 0.29) is 6.04 Å². The van der Waals surface area contributed by atoms with Gasteiger partial charge in [0.15, 0.2) is 0 Å². The number of hydrogen-bond acceptors (Lipinski definition) is 3. The van der Waals surface area contributed by atoms with Gasteiger partial charge >= 0.3 is 0 Å². The lowest BCUT2D eigenvalue weighted by Gasteiger charge is -2.20. The molecule has 104 valence electrons. The summed E-state index contributed by atoms with van der Waals surface area (Å²) < 4.78 is 5.60. The summed E-state index contributed by atoms with van der Waals surface area (Å²) in [5.74, 6) is 0.715. The molecule has 1 aromatic carbocycles. The molecule has 0 aliphatic carbocycles. The van der Waals surface area contributed by atoms with Gasteiger partial charge in [-0.05, 0) is 18.5 Å². The van der Waals surface area contributed by atoms with E-state index in [0.717, 1.165) is 17.5 Å². The third-order valence-electron chi connectivity index (χ3n) is 3.93. The van der Waals surface area contributed by atoms with Gasteiger partial charge in [0.1, 0.15) is 5.58 Å². The lowest BCUT2D eigenvalue weighted by Crippen LogP contribution is -2.31. The molecule has 0 fully saturated rings. The summed E-state index contributed by atoms with van der Waals surface area (Å²) in [6.45, 7) is 6.07. The molecule has 1 unspecified atom stereocenters. The summed E-state index contributed by atoms with van der Waals surface area (Å²) in [6.07, 6.45) is 4.24. The zero-order valence-electron chi connectivity index (χ0n) is 11.9. The molecule has 0 spiro atoms. The van der Waals surface area contributed by atoms with Gasteiger partial charge in [-0.15, -0.1) is 0 Å². The van der Waals surface area contributed by atoms with Crippen molar-refractivity contribution in [2.24, 2.45) is 11.7 Å². The molecule has 2 aromatic rings. The highest BCUT2D eigenvalue weighted by Gasteiger charge is 2.16. The van der Waals surface area contributed by atoms with Gasteiger partial charge in [0, 0.05) is 23.5 Å². The van der Waals surface area contributed by atoms with Crippen LogP contribution in [0.15, 0.2) is 34.9 Å². The second-order valence-electron chi connectivity index (χ2n) is 5.07. The average Bonchev–Trinajstić information content (AvgIpc) is 2.88. The topological polar surface area (TPSA) is 51.2 Å². The number of rotatable bonds is 7. The Morgan fingerprint density at radius 2 is 1.95 bits per heavy atom. The van der Waals surface area contributed by atoms with Crippen LogP contribution in [-0.2, 0) is 0 Å². The Kier molecular flexibility index (Phi) is 5.00. The highest BCUT2D eigenvalue weighted by Crippen LogP contribution is 2.26. The molecule has 1 aromatic heterocycles. The van der Waals surface area contributed by atoms with E-state index in [1.165, 1.54) is 18.4 Å². The van der Waals surface area contributed by atoms with E-state index in [4.69, 9.17) is 10.2 Å². The van der Waals surface area contributed by atoms with Crippen molar-refractivity contribution in [3.8, 4) is 0 Å². The molecule has 0 bridgehead atoms. The van der Waals surface area contributed by atoms with E-state index in [9.17, 15) is 0 Å². The molecule has 0 saturated carbocycles. The van der Waals surface area contributed by atoms with Crippen LogP contribution >= 0.6 is 0 Å². The van der Waals surface area contributed by atoms with Crippen LogP contribution in [0.4, 0.5) is 0 Å². The molecular formula is C16H24N2O. The van der Waals surface area contributed by atoms with Crippen LogP contribution in [0.3, 0.4) is 0 Å². The third kappa shape index (κ3) is 3.17. The summed E-state index contributed by atoms with van der Waals surface area (Å²) in [4.78, 5) is 0. The molecule has 1 atom stereocenters. The fourth-order valence-electron chi connectivity index (χ4n) is 2.47. The first kappa shape index (κ1) is 14.1. The van der Waals surface area contributed by atoms with Gasteiger partial charge in [0.25, 0.3) is 0 Å². The van der Waals surface area contributed by atoms with Gasteiger partial charge < -0.3 is 15.5 Å². The molecule has 3 nitrogen and oxygen atoms in total. The Bertz CT molecular complexity index is 502. The van der Waals surface area contributed by atoms with Crippen LogP contribution in [0, 0.1) is 5.92 Å². The Labute approximate surface area is 115 Å². The van der Waals surface area contributed by atoms with E-state index >= 15 is 0 Å². The predicted molar refractivity (Wildman–Crippen MR) is 80.1 cm³/mol. The number of furan rings is 1. The van der Waals surface area contributed by atoms with Crippen LogP contribution in [0.25, 0.3) is 11.0 Å². The van der Waals surface area contributed by atoms with Gasteiger partial charge in [0.05, 0.1) is 6.26 Å². The van der Waals surface area contributed by atoms with Crippen LogP contribution < -0.4 is 11.1 Å². The normalized spacial score (nSPS) is 13.3. The van der Waals surface area contributed by atoms with E-state index in [0.29, 0.717) is 12.5 Å². The average molecular weight is 260 g/mol. The number of nitrogens with one attached hydrogen (secondary N) is 1. The maximum absolute atomic E-state index is 5.92. The smallest absolute Gasteiger partial charge is 0.134 e. The Hall–Kier alpha value is -1.32. The van der Waals surface area contributed by atoms with Crippen LogP contribution in [0.5, 0.6) is 0 Å². The van der Waals surface area contributed by atoms with E-state index in [1.807, 2.05) is 24.5 Å². The first-order valence-corrected chi connectivity index (χ1v) is 7.19. The molecule has 2 rings (SSSR count). The maximum atomic E-state index is 5.92. The van der Waals surface area contributed by atoms with Crippen LogP contribution in [-0.4, -0.2) is 13.1 Å². The second kappa shape index (κ2) is 6.73. The molecule has 0 aliphatic heterocycles. The van der Waals surface area contributed by atoms with Crippen molar-refractivity contribution in [3.63, 3.8) is 0 Å². The van der Waals surface area contributed by atoms with Crippen molar-refractivity contribution in [2.45, 2.75) is 32.7 Å². The molecule has 19 heavy (non-hydrogen) atoms. The lowest BCUT2D eigenvalue weighted by molar-refractivity contribution is 0.413. The maximum Gasteiger partial charge on any atom is 0.134 e. The first-order chi connectivity index (χ1) is 9.30. The van der Waals surface area contributed by atoms with Crippen molar-refractivity contribution >= 4 is 11.0 Å².